The molecule has 1 aromatic heterocycles. The molecule has 3 heterocycles. The molecule has 0 saturated carbocycles. The van der Waals surface area contributed by atoms with Gasteiger partial charge in [0, 0.05) is 39.2 Å². The Kier molecular flexibility index (Phi) is 8.92. The van der Waals surface area contributed by atoms with E-state index in [1.807, 2.05) is 35.7 Å². The van der Waals surface area contributed by atoms with Crippen LogP contribution in [0, 0.1) is 11.7 Å². The minimum atomic E-state index is -0.949. The number of amides is 2. The Bertz CT molecular complexity index is 1400. The van der Waals surface area contributed by atoms with Crippen LogP contribution < -0.4 is 5.32 Å². The van der Waals surface area contributed by atoms with E-state index in [9.17, 15) is 18.8 Å². The molecule has 2 aromatic carbocycles. The molecule has 2 amide bonds. The van der Waals surface area contributed by atoms with Gasteiger partial charge >= 0.3 is 0 Å². The van der Waals surface area contributed by atoms with Gasteiger partial charge in [0.05, 0.1) is 16.8 Å². The van der Waals surface area contributed by atoms with Crippen LogP contribution in [0.25, 0.3) is 0 Å². The maximum absolute atomic E-state index is 14.5. The minimum absolute atomic E-state index is 0.0898. The van der Waals surface area contributed by atoms with Gasteiger partial charge in [-0.25, -0.2) is 4.39 Å². The van der Waals surface area contributed by atoms with Crippen LogP contribution in [0.2, 0.25) is 0 Å². The molecule has 0 radical (unpaired) electrons. The van der Waals surface area contributed by atoms with Gasteiger partial charge in [-0.05, 0) is 45.7 Å². The van der Waals surface area contributed by atoms with E-state index in [1.54, 1.807) is 28.0 Å². The highest BCUT2D eigenvalue weighted by Crippen LogP contribution is 2.52. The van der Waals surface area contributed by atoms with Gasteiger partial charge in [-0.2, -0.15) is 0 Å². The van der Waals surface area contributed by atoms with Crippen molar-refractivity contribution in [1.82, 2.24) is 15.1 Å². The number of likely N-dealkylation sites (tertiary alicyclic amines) is 1. The average molecular weight is 592 g/mol. The molecule has 2 aliphatic heterocycles. The van der Waals surface area contributed by atoms with E-state index in [1.165, 1.54) is 30.6 Å². The van der Waals surface area contributed by atoms with Crippen molar-refractivity contribution in [3.05, 3.63) is 93.4 Å². The predicted octanol–water partition coefficient (Wildman–Crippen LogP) is 4.80. The SMILES string of the molecule is COCC(=O)N1C(C(=O)N2CCNCC2)C(c2ccc(C(C)(C)C)cc2)C(C(=O)c2cccs2)C1c1ccc(F)cc1. The standard InChI is InChI=1S/C33H38FN3O4S/c1-33(2,3)23-11-7-21(8-12-23)27-28(31(39)25-6-5-19-42-25)29(22-9-13-24(34)14-10-22)37(26(38)20-41-4)30(27)32(40)36-17-15-35-16-18-36/h5-14,19,27-30,35H,15-18,20H2,1-4H3. The molecular weight excluding hydrogens is 553 g/mol. The molecule has 0 spiro atoms. The molecule has 4 unspecified atom stereocenters. The van der Waals surface area contributed by atoms with Crippen LogP contribution in [0.5, 0.6) is 0 Å². The summed E-state index contributed by atoms with van der Waals surface area (Å²) in [5.74, 6) is -2.57. The number of ether oxygens (including phenoxy) is 1. The first kappa shape index (κ1) is 30.1. The smallest absolute Gasteiger partial charge is 0.249 e. The fourth-order valence-electron chi connectivity index (χ4n) is 6.28. The van der Waals surface area contributed by atoms with Gasteiger partial charge in [-0.15, -0.1) is 11.3 Å². The second-order valence-corrected chi connectivity index (χ2v) is 13.0. The number of nitrogens with one attached hydrogen (secondary N) is 1. The van der Waals surface area contributed by atoms with Gasteiger partial charge in [0.1, 0.15) is 18.5 Å². The molecule has 1 N–H and O–H groups in total. The van der Waals surface area contributed by atoms with E-state index in [0.717, 1.165) is 11.1 Å². The third kappa shape index (κ3) is 5.91. The van der Waals surface area contributed by atoms with E-state index in [4.69, 9.17) is 4.74 Å². The average Bonchev–Trinajstić information content (AvgIpc) is 3.64. The maximum atomic E-state index is 14.5. The maximum Gasteiger partial charge on any atom is 0.249 e. The molecular formula is C33H38FN3O4S. The Morgan fingerprint density at radius 1 is 0.976 bits per heavy atom. The predicted molar refractivity (Wildman–Crippen MR) is 161 cm³/mol. The molecule has 4 atom stereocenters. The Balaban J connectivity index is 1.74. The first-order chi connectivity index (χ1) is 20.1. The summed E-state index contributed by atoms with van der Waals surface area (Å²) in [6.45, 7) is 8.44. The van der Waals surface area contributed by atoms with Crippen molar-refractivity contribution in [3.63, 3.8) is 0 Å². The summed E-state index contributed by atoms with van der Waals surface area (Å²) in [5, 5.41) is 5.13. The van der Waals surface area contributed by atoms with Crippen molar-refractivity contribution in [2.75, 3.05) is 39.9 Å². The molecule has 5 rings (SSSR count). The highest BCUT2D eigenvalue weighted by molar-refractivity contribution is 7.12. The van der Waals surface area contributed by atoms with Gasteiger partial charge in [0.25, 0.3) is 0 Å². The molecule has 0 aliphatic carbocycles. The summed E-state index contributed by atoms with van der Waals surface area (Å²) in [6.07, 6.45) is 0. The molecule has 9 heteroatoms. The quantitative estimate of drug-likeness (QED) is 0.400. The van der Waals surface area contributed by atoms with Gasteiger partial charge in [-0.3, -0.25) is 14.4 Å². The number of carbonyl (C=O) groups excluding carboxylic acids is 3. The monoisotopic (exact) mass is 591 g/mol. The van der Waals surface area contributed by atoms with Crippen LogP contribution in [0.4, 0.5) is 4.39 Å². The van der Waals surface area contributed by atoms with Gasteiger partial charge < -0.3 is 19.9 Å². The number of thiophene rings is 1. The molecule has 222 valence electrons. The summed E-state index contributed by atoms with van der Waals surface area (Å²) in [5.41, 5.74) is 2.44. The van der Waals surface area contributed by atoms with Gasteiger partial charge in [-0.1, -0.05) is 63.2 Å². The number of methoxy groups -OCH3 is 1. The Morgan fingerprint density at radius 3 is 2.19 bits per heavy atom. The van der Waals surface area contributed by atoms with E-state index in [0.29, 0.717) is 36.6 Å². The van der Waals surface area contributed by atoms with Crippen molar-refractivity contribution in [1.29, 1.82) is 0 Å². The van der Waals surface area contributed by atoms with Crippen LogP contribution >= 0.6 is 11.3 Å². The number of halogens is 1. The molecule has 42 heavy (non-hydrogen) atoms. The largest absolute Gasteiger partial charge is 0.375 e. The molecule has 2 fully saturated rings. The number of hydrogen-bond donors (Lipinski definition) is 1. The normalized spacial score (nSPS) is 22.8. The topological polar surface area (TPSA) is 79.0 Å². The number of nitrogens with zero attached hydrogens (tertiary/aromatic N) is 2. The van der Waals surface area contributed by atoms with E-state index >= 15 is 0 Å². The van der Waals surface area contributed by atoms with E-state index < -0.39 is 35.6 Å². The van der Waals surface area contributed by atoms with Gasteiger partial charge in [0.15, 0.2) is 5.78 Å². The van der Waals surface area contributed by atoms with Gasteiger partial charge in [0.2, 0.25) is 11.8 Å². The number of benzene rings is 2. The third-order valence-corrected chi connectivity index (χ3v) is 9.23. The zero-order chi connectivity index (χ0) is 30.0. The number of piperazine rings is 1. The fraction of sp³-hybridized carbons (Fsp3) is 0.424. The van der Waals surface area contributed by atoms with Crippen molar-refractivity contribution in [2.24, 2.45) is 5.92 Å². The molecule has 2 saturated heterocycles. The zero-order valence-corrected chi connectivity index (χ0v) is 25.3. The minimum Gasteiger partial charge on any atom is -0.375 e. The number of hydrogen-bond acceptors (Lipinski definition) is 6. The highest BCUT2D eigenvalue weighted by atomic mass is 32.1. The van der Waals surface area contributed by atoms with Crippen LogP contribution in [0.3, 0.4) is 0 Å². The highest BCUT2D eigenvalue weighted by Gasteiger charge is 2.58. The summed E-state index contributed by atoms with van der Waals surface area (Å²) in [4.78, 5) is 46.8. The Morgan fingerprint density at radius 2 is 1.62 bits per heavy atom. The lowest BCUT2D eigenvalue weighted by Gasteiger charge is -2.36. The van der Waals surface area contributed by atoms with E-state index in [2.05, 4.69) is 26.1 Å². The third-order valence-electron chi connectivity index (χ3n) is 8.34. The van der Waals surface area contributed by atoms with Crippen molar-refractivity contribution < 1.29 is 23.5 Å². The lowest BCUT2D eigenvalue weighted by molar-refractivity contribution is -0.148. The summed E-state index contributed by atoms with van der Waals surface area (Å²) >= 11 is 1.34. The second kappa shape index (κ2) is 12.5. The number of ketones is 1. The summed E-state index contributed by atoms with van der Waals surface area (Å²) in [7, 11) is 1.44. The van der Waals surface area contributed by atoms with E-state index in [-0.39, 0.29) is 23.7 Å². The molecule has 0 bridgehead atoms. The summed E-state index contributed by atoms with van der Waals surface area (Å²) in [6, 6.07) is 15.8. The first-order valence-electron chi connectivity index (χ1n) is 14.3. The first-order valence-corrected chi connectivity index (χ1v) is 15.2. The molecule has 7 nitrogen and oxygen atoms in total. The fourth-order valence-corrected chi connectivity index (χ4v) is 6.99. The van der Waals surface area contributed by atoms with Crippen molar-refractivity contribution in [2.45, 2.75) is 44.2 Å². The second-order valence-electron chi connectivity index (χ2n) is 12.0. The number of Topliss-reactive ketones (excluding diaryl/α,β-unsaturated/α-hetero) is 1. The zero-order valence-electron chi connectivity index (χ0n) is 24.5. The lowest BCUT2D eigenvalue weighted by atomic mass is 9.76. The Hall–Kier alpha value is -3.40. The molecule has 3 aromatic rings. The van der Waals surface area contributed by atoms with Crippen LogP contribution in [0.15, 0.2) is 66.0 Å². The molecule has 2 aliphatic rings. The van der Waals surface area contributed by atoms with Crippen LogP contribution in [0.1, 0.15) is 59.1 Å². The number of carbonyl (C=O) groups is 3. The summed E-state index contributed by atoms with van der Waals surface area (Å²) < 4.78 is 19.4. The number of rotatable bonds is 7. The van der Waals surface area contributed by atoms with Crippen LogP contribution in [-0.4, -0.2) is 73.3 Å². The lowest BCUT2D eigenvalue weighted by Crippen LogP contribution is -2.55. The van der Waals surface area contributed by atoms with Crippen molar-refractivity contribution >= 4 is 28.9 Å². The van der Waals surface area contributed by atoms with Crippen molar-refractivity contribution in [3.8, 4) is 0 Å². The Labute approximate surface area is 250 Å². The van der Waals surface area contributed by atoms with Crippen LogP contribution in [-0.2, 0) is 19.7 Å².